The molecule has 0 aliphatic heterocycles. The Kier molecular flexibility index (Phi) is 2.82. The third kappa shape index (κ3) is 2.01. The van der Waals surface area contributed by atoms with Gasteiger partial charge in [0, 0.05) is 12.0 Å². The molecule has 6 heteroatoms. The van der Waals surface area contributed by atoms with E-state index < -0.39 is 0 Å². The van der Waals surface area contributed by atoms with E-state index in [1.54, 1.807) is 0 Å². The highest BCUT2D eigenvalue weighted by molar-refractivity contribution is 5.61. The highest BCUT2D eigenvalue weighted by atomic mass is 16.5. The van der Waals surface area contributed by atoms with Crippen LogP contribution in [-0.4, -0.2) is 35.3 Å². The maximum absolute atomic E-state index is 9.19. The summed E-state index contributed by atoms with van der Waals surface area (Å²) in [6.07, 6.45) is 3.47. The van der Waals surface area contributed by atoms with Crippen molar-refractivity contribution in [3.63, 3.8) is 0 Å². The van der Waals surface area contributed by atoms with Crippen molar-refractivity contribution >= 4 is 11.6 Å². The molecule has 1 aliphatic rings. The van der Waals surface area contributed by atoms with Crippen molar-refractivity contribution in [1.82, 2.24) is 9.97 Å². The molecule has 0 aromatic carbocycles. The SMILES string of the molecule is COc1c(N)ncnc1NCC1(CO)CC1. The number of rotatable bonds is 5. The lowest BCUT2D eigenvalue weighted by molar-refractivity contribution is 0.219. The van der Waals surface area contributed by atoms with Crippen LogP contribution in [0.1, 0.15) is 12.8 Å². The largest absolute Gasteiger partial charge is 0.490 e. The van der Waals surface area contributed by atoms with Gasteiger partial charge in [0.1, 0.15) is 6.33 Å². The second kappa shape index (κ2) is 4.13. The average Bonchev–Trinajstić information content (AvgIpc) is 3.07. The van der Waals surface area contributed by atoms with Gasteiger partial charge in [-0.2, -0.15) is 0 Å². The molecule has 0 radical (unpaired) electrons. The van der Waals surface area contributed by atoms with Crippen LogP contribution in [0.2, 0.25) is 0 Å². The summed E-state index contributed by atoms with van der Waals surface area (Å²) in [6.45, 7) is 0.874. The van der Waals surface area contributed by atoms with Gasteiger partial charge in [0.05, 0.1) is 13.7 Å². The molecule has 0 spiro atoms. The molecule has 0 unspecified atom stereocenters. The minimum Gasteiger partial charge on any atom is -0.490 e. The van der Waals surface area contributed by atoms with E-state index in [4.69, 9.17) is 10.5 Å². The first-order valence-corrected chi connectivity index (χ1v) is 5.20. The van der Waals surface area contributed by atoms with Gasteiger partial charge in [0.25, 0.3) is 0 Å². The minimum absolute atomic E-state index is 0.0186. The van der Waals surface area contributed by atoms with Gasteiger partial charge < -0.3 is 20.9 Å². The predicted molar refractivity (Wildman–Crippen MR) is 60.2 cm³/mol. The molecule has 6 nitrogen and oxygen atoms in total. The zero-order valence-corrected chi connectivity index (χ0v) is 9.23. The maximum atomic E-state index is 9.19. The molecule has 0 amide bonds. The first-order chi connectivity index (χ1) is 7.71. The number of methoxy groups -OCH3 is 1. The highest BCUT2D eigenvalue weighted by Crippen LogP contribution is 2.45. The number of hydrogen-bond acceptors (Lipinski definition) is 6. The standard InChI is InChI=1S/C10H16N4O2/c1-16-7-8(11)13-6-14-9(7)12-4-10(5-15)2-3-10/h6,15H,2-5H2,1H3,(H3,11,12,13,14). The van der Waals surface area contributed by atoms with E-state index in [1.807, 2.05) is 0 Å². The van der Waals surface area contributed by atoms with Gasteiger partial charge in [-0.15, -0.1) is 0 Å². The number of aromatic nitrogens is 2. The topological polar surface area (TPSA) is 93.3 Å². The number of aliphatic hydroxyl groups excluding tert-OH is 1. The van der Waals surface area contributed by atoms with Crippen LogP contribution in [0.15, 0.2) is 6.33 Å². The van der Waals surface area contributed by atoms with Gasteiger partial charge in [0.15, 0.2) is 11.6 Å². The van der Waals surface area contributed by atoms with Crippen LogP contribution in [0, 0.1) is 5.41 Å². The van der Waals surface area contributed by atoms with Gasteiger partial charge >= 0.3 is 0 Å². The lowest BCUT2D eigenvalue weighted by Crippen LogP contribution is -2.20. The quantitative estimate of drug-likeness (QED) is 0.664. The van der Waals surface area contributed by atoms with E-state index in [0.717, 1.165) is 12.8 Å². The maximum Gasteiger partial charge on any atom is 0.203 e. The molecule has 2 rings (SSSR count). The van der Waals surface area contributed by atoms with E-state index in [1.165, 1.54) is 13.4 Å². The fourth-order valence-electron chi connectivity index (χ4n) is 1.55. The van der Waals surface area contributed by atoms with Crippen LogP contribution >= 0.6 is 0 Å². The van der Waals surface area contributed by atoms with Crippen molar-refractivity contribution in [2.45, 2.75) is 12.8 Å². The molecule has 1 fully saturated rings. The zero-order valence-electron chi connectivity index (χ0n) is 9.23. The van der Waals surface area contributed by atoms with Crippen LogP contribution in [0.5, 0.6) is 5.75 Å². The van der Waals surface area contributed by atoms with Crippen molar-refractivity contribution in [2.24, 2.45) is 5.41 Å². The van der Waals surface area contributed by atoms with Crippen molar-refractivity contribution in [3.8, 4) is 5.75 Å². The molecule has 1 aromatic rings. The molecular formula is C10H16N4O2. The van der Waals surface area contributed by atoms with E-state index in [2.05, 4.69) is 15.3 Å². The Morgan fingerprint density at radius 2 is 2.31 bits per heavy atom. The van der Waals surface area contributed by atoms with E-state index in [-0.39, 0.29) is 12.0 Å². The van der Waals surface area contributed by atoms with Gasteiger partial charge in [0.2, 0.25) is 5.75 Å². The van der Waals surface area contributed by atoms with E-state index in [0.29, 0.717) is 23.9 Å². The molecule has 4 N–H and O–H groups in total. The molecule has 0 saturated heterocycles. The van der Waals surface area contributed by atoms with Crippen LogP contribution in [0.3, 0.4) is 0 Å². The monoisotopic (exact) mass is 224 g/mol. The number of nitrogens with one attached hydrogen (secondary N) is 1. The zero-order chi connectivity index (χ0) is 11.6. The number of ether oxygens (including phenoxy) is 1. The second-order valence-corrected chi connectivity index (χ2v) is 4.15. The minimum atomic E-state index is 0.0186. The lowest BCUT2D eigenvalue weighted by atomic mass is 10.1. The summed E-state index contributed by atoms with van der Waals surface area (Å²) in [5.74, 6) is 1.35. The summed E-state index contributed by atoms with van der Waals surface area (Å²) in [5.41, 5.74) is 5.67. The highest BCUT2D eigenvalue weighted by Gasteiger charge is 2.41. The number of nitrogens with zero attached hydrogens (tertiary/aromatic N) is 2. The van der Waals surface area contributed by atoms with Gasteiger partial charge in [-0.1, -0.05) is 0 Å². The smallest absolute Gasteiger partial charge is 0.203 e. The first kappa shape index (κ1) is 10.9. The Hall–Kier alpha value is -1.56. The molecule has 1 aromatic heterocycles. The van der Waals surface area contributed by atoms with E-state index in [9.17, 15) is 5.11 Å². The summed E-state index contributed by atoms with van der Waals surface area (Å²) in [7, 11) is 1.53. The third-order valence-electron chi connectivity index (χ3n) is 2.96. The molecule has 1 saturated carbocycles. The summed E-state index contributed by atoms with van der Waals surface area (Å²) >= 11 is 0. The third-order valence-corrected chi connectivity index (χ3v) is 2.96. The molecule has 1 aliphatic carbocycles. The number of anilines is 2. The van der Waals surface area contributed by atoms with Crippen LogP contribution < -0.4 is 15.8 Å². The van der Waals surface area contributed by atoms with Gasteiger partial charge in [-0.3, -0.25) is 0 Å². The van der Waals surface area contributed by atoms with Crippen molar-refractivity contribution in [3.05, 3.63) is 6.33 Å². The Morgan fingerprint density at radius 1 is 1.56 bits per heavy atom. The van der Waals surface area contributed by atoms with E-state index >= 15 is 0 Å². The van der Waals surface area contributed by atoms with Crippen molar-refractivity contribution in [2.75, 3.05) is 31.3 Å². The summed E-state index contributed by atoms with van der Waals surface area (Å²) < 4.78 is 5.12. The Labute approximate surface area is 93.9 Å². The van der Waals surface area contributed by atoms with Crippen molar-refractivity contribution in [1.29, 1.82) is 0 Å². The van der Waals surface area contributed by atoms with Gasteiger partial charge in [-0.05, 0) is 12.8 Å². The molecule has 0 bridgehead atoms. The Balaban J connectivity index is 2.06. The fraction of sp³-hybridized carbons (Fsp3) is 0.600. The Bertz CT molecular complexity index is 379. The molecular weight excluding hydrogens is 208 g/mol. The van der Waals surface area contributed by atoms with Crippen LogP contribution in [0.25, 0.3) is 0 Å². The second-order valence-electron chi connectivity index (χ2n) is 4.15. The van der Waals surface area contributed by atoms with Crippen LogP contribution in [0.4, 0.5) is 11.6 Å². The number of nitrogens with two attached hydrogens (primary N) is 1. The van der Waals surface area contributed by atoms with Gasteiger partial charge in [-0.25, -0.2) is 9.97 Å². The molecule has 1 heterocycles. The fourth-order valence-corrected chi connectivity index (χ4v) is 1.55. The summed E-state index contributed by atoms with van der Waals surface area (Å²) in [5, 5.41) is 12.3. The number of hydrogen-bond donors (Lipinski definition) is 3. The first-order valence-electron chi connectivity index (χ1n) is 5.20. The van der Waals surface area contributed by atoms with Crippen molar-refractivity contribution < 1.29 is 9.84 Å². The predicted octanol–water partition coefficient (Wildman–Crippen LogP) is 0.252. The average molecular weight is 224 g/mol. The molecule has 88 valence electrons. The number of aliphatic hydroxyl groups is 1. The molecule has 0 atom stereocenters. The van der Waals surface area contributed by atoms with Crippen LogP contribution in [-0.2, 0) is 0 Å². The number of nitrogen functional groups attached to an aromatic ring is 1. The molecule has 16 heavy (non-hydrogen) atoms. The summed E-state index contributed by atoms with van der Waals surface area (Å²) in [4.78, 5) is 7.91. The normalized spacial score (nSPS) is 16.9. The Morgan fingerprint density at radius 3 is 2.88 bits per heavy atom. The summed E-state index contributed by atoms with van der Waals surface area (Å²) in [6, 6.07) is 0. The lowest BCUT2D eigenvalue weighted by Gasteiger charge is -2.15.